The molecule has 2 amide bonds. The van der Waals surface area contributed by atoms with Crippen molar-refractivity contribution in [3.8, 4) is 0 Å². The van der Waals surface area contributed by atoms with E-state index < -0.39 is 17.8 Å². The van der Waals surface area contributed by atoms with Crippen molar-refractivity contribution in [2.75, 3.05) is 36.5 Å². The third-order valence-electron chi connectivity index (χ3n) is 7.55. The quantitative estimate of drug-likeness (QED) is 0.237. The number of carbonyl (C=O) groups excluding carboxylic acids is 2. The maximum absolute atomic E-state index is 14.1. The van der Waals surface area contributed by atoms with Crippen LogP contribution >= 0.6 is 11.6 Å². The minimum atomic E-state index is -1.04. The maximum atomic E-state index is 14.1. The van der Waals surface area contributed by atoms with E-state index in [1.54, 1.807) is 36.4 Å². The zero-order chi connectivity index (χ0) is 30.5. The van der Waals surface area contributed by atoms with Crippen LogP contribution in [0, 0.1) is 5.82 Å². The molecule has 0 radical (unpaired) electrons. The molecule has 9 nitrogen and oxygen atoms in total. The molecule has 44 heavy (non-hydrogen) atoms. The molecule has 1 fully saturated rings. The fourth-order valence-electron chi connectivity index (χ4n) is 5.27. The minimum Gasteiger partial charge on any atom is -0.378 e. The van der Waals surface area contributed by atoms with Crippen LogP contribution in [0.1, 0.15) is 17.2 Å². The second-order valence-electron chi connectivity index (χ2n) is 10.5. The van der Waals surface area contributed by atoms with Gasteiger partial charge in [0.2, 0.25) is 5.91 Å². The van der Waals surface area contributed by atoms with E-state index in [1.165, 1.54) is 21.7 Å². The fourth-order valence-corrected chi connectivity index (χ4v) is 5.39. The van der Waals surface area contributed by atoms with E-state index in [1.807, 2.05) is 48.5 Å². The number of benzene rings is 4. The van der Waals surface area contributed by atoms with Crippen LogP contribution < -0.4 is 10.2 Å². The molecule has 0 saturated carbocycles. The first-order valence-corrected chi connectivity index (χ1v) is 14.6. The molecule has 1 N–H and O–H groups in total. The lowest BCUT2D eigenvalue weighted by Crippen LogP contribution is -2.42. The molecule has 6 rings (SSSR count). The predicted octanol–water partition coefficient (Wildman–Crippen LogP) is 5.47. The Morgan fingerprint density at radius 3 is 2.36 bits per heavy atom. The number of carbonyl (C=O) groups is 2. The number of amides is 2. The van der Waals surface area contributed by atoms with Crippen LogP contribution in [-0.2, 0) is 27.4 Å². The van der Waals surface area contributed by atoms with Crippen LogP contribution in [0.3, 0.4) is 0 Å². The third-order valence-corrected chi connectivity index (χ3v) is 7.80. The van der Waals surface area contributed by atoms with Crippen LogP contribution in [0.15, 0.2) is 97.1 Å². The second-order valence-corrected chi connectivity index (χ2v) is 10.9. The van der Waals surface area contributed by atoms with Gasteiger partial charge in [-0.3, -0.25) is 9.59 Å². The Bertz CT molecular complexity index is 1740. The molecule has 4 aromatic carbocycles. The molecule has 5 aromatic rings. The lowest BCUT2D eigenvalue weighted by atomic mass is 10.0. The summed E-state index contributed by atoms with van der Waals surface area (Å²) in [4.78, 5) is 32.0. The molecule has 1 aliphatic rings. The summed E-state index contributed by atoms with van der Waals surface area (Å²) in [5, 5.41) is 11.8. The van der Waals surface area contributed by atoms with Gasteiger partial charge in [-0.25, -0.2) is 9.07 Å². The van der Waals surface area contributed by atoms with Crippen LogP contribution in [-0.4, -0.2) is 58.0 Å². The minimum absolute atomic E-state index is 0.0441. The van der Waals surface area contributed by atoms with Crippen molar-refractivity contribution in [3.63, 3.8) is 0 Å². The number of ether oxygens (including phenoxy) is 1. The van der Waals surface area contributed by atoms with Gasteiger partial charge in [-0.15, -0.1) is 5.10 Å². The number of nitrogens with zero attached hydrogens (tertiary/aromatic N) is 5. The average molecular weight is 613 g/mol. The molecule has 0 bridgehead atoms. The summed E-state index contributed by atoms with van der Waals surface area (Å²) in [6.45, 7) is 2.82. The highest BCUT2D eigenvalue weighted by molar-refractivity contribution is 6.30. The van der Waals surface area contributed by atoms with E-state index in [9.17, 15) is 14.0 Å². The molecule has 1 unspecified atom stereocenters. The highest BCUT2D eigenvalue weighted by Gasteiger charge is 2.32. The Morgan fingerprint density at radius 1 is 0.932 bits per heavy atom. The van der Waals surface area contributed by atoms with Gasteiger partial charge >= 0.3 is 0 Å². The van der Waals surface area contributed by atoms with Gasteiger partial charge in [0.25, 0.3) is 5.91 Å². The van der Waals surface area contributed by atoms with E-state index in [4.69, 9.17) is 16.3 Å². The zero-order valence-electron chi connectivity index (χ0n) is 23.8. The summed E-state index contributed by atoms with van der Waals surface area (Å²) < 4.78 is 20.7. The van der Waals surface area contributed by atoms with E-state index in [0.717, 1.165) is 18.8 Å². The van der Waals surface area contributed by atoms with Crippen molar-refractivity contribution in [1.82, 2.24) is 19.9 Å². The first kappa shape index (κ1) is 29.3. The van der Waals surface area contributed by atoms with Gasteiger partial charge in [0.15, 0.2) is 0 Å². The lowest BCUT2D eigenvalue weighted by Gasteiger charge is -2.32. The molecule has 1 aliphatic heterocycles. The van der Waals surface area contributed by atoms with Crippen molar-refractivity contribution in [2.45, 2.75) is 19.1 Å². The van der Waals surface area contributed by atoms with E-state index >= 15 is 0 Å². The van der Waals surface area contributed by atoms with Crippen molar-refractivity contribution < 1.29 is 18.7 Å². The molecule has 1 atom stereocenters. The Hall–Kier alpha value is -4.80. The van der Waals surface area contributed by atoms with Gasteiger partial charge in [0, 0.05) is 36.0 Å². The van der Waals surface area contributed by atoms with Crippen molar-refractivity contribution in [3.05, 3.63) is 119 Å². The highest BCUT2D eigenvalue weighted by Crippen LogP contribution is 2.28. The number of anilines is 2. The topological polar surface area (TPSA) is 92.6 Å². The molecule has 224 valence electrons. The number of rotatable bonds is 9. The lowest BCUT2D eigenvalue weighted by molar-refractivity contribution is -0.140. The average Bonchev–Trinajstić information content (AvgIpc) is 3.46. The maximum Gasteiger partial charge on any atom is 0.251 e. The molecule has 0 aliphatic carbocycles. The number of morpholine rings is 1. The van der Waals surface area contributed by atoms with Crippen molar-refractivity contribution in [1.29, 1.82) is 0 Å². The summed E-state index contributed by atoms with van der Waals surface area (Å²) in [6, 6.07) is 26.6. The van der Waals surface area contributed by atoms with Gasteiger partial charge in [0.1, 0.15) is 23.9 Å². The number of fused-ring (bicyclic) bond motifs is 1. The predicted molar refractivity (Wildman–Crippen MR) is 167 cm³/mol. The van der Waals surface area contributed by atoms with Crippen LogP contribution in [0.4, 0.5) is 15.8 Å². The normalized spacial score (nSPS) is 13.9. The van der Waals surface area contributed by atoms with Gasteiger partial charge < -0.3 is 19.9 Å². The number of nitrogens with one attached hydrogen (secondary N) is 1. The zero-order valence-corrected chi connectivity index (χ0v) is 24.5. The van der Waals surface area contributed by atoms with Crippen LogP contribution in [0.25, 0.3) is 11.0 Å². The molecular weight excluding hydrogens is 583 g/mol. The Kier molecular flexibility index (Phi) is 8.81. The van der Waals surface area contributed by atoms with Gasteiger partial charge in [-0.05, 0) is 71.8 Å². The van der Waals surface area contributed by atoms with E-state index in [-0.39, 0.29) is 19.0 Å². The van der Waals surface area contributed by atoms with E-state index in [2.05, 4.69) is 20.5 Å². The summed E-state index contributed by atoms with van der Waals surface area (Å²) in [5.74, 6) is -1.18. The van der Waals surface area contributed by atoms with Crippen LogP contribution in [0.5, 0.6) is 0 Å². The number of aromatic nitrogens is 3. The highest BCUT2D eigenvalue weighted by atomic mass is 35.5. The summed E-state index contributed by atoms with van der Waals surface area (Å²) in [6.07, 6.45) is 0. The Balaban J connectivity index is 1.33. The first-order chi connectivity index (χ1) is 21.4. The second kappa shape index (κ2) is 13.2. The SMILES string of the molecule is O=C(Nc1ccc(N2CCOCC2)cc1)C(c1ccc(Cl)cc1)N(Cc1ccc(F)cc1)C(=O)Cn1nnc2ccccc21. The summed E-state index contributed by atoms with van der Waals surface area (Å²) in [7, 11) is 0. The third kappa shape index (κ3) is 6.72. The van der Waals surface area contributed by atoms with Crippen molar-refractivity contribution >= 4 is 45.8 Å². The summed E-state index contributed by atoms with van der Waals surface area (Å²) in [5.41, 5.74) is 4.19. The smallest absolute Gasteiger partial charge is 0.251 e. The number of hydrogen-bond donors (Lipinski definition) is 1. The molecule has 2 heterocycles. The largest absolute Gasteiger partial charge is 0.378 e. The number of hydrogen-bond acceptors (Lipinski definition) is 6. The Morgan fingerprint density at radius 2 is 1.64 bits per heavy atom. The van der Waals surface area contributed by atoms with Gasteiger partial charge in [-0.1, -0.05) is 53.2 Å². The molecule has 1 aromatic heterocycles. The van der Waals surface area contributed by atoms with Crippen LogP contribution in [0.2, 0.25) is 5.02 Å². The number of halogens is 2. The summed E-state index contributed by atoms with van der Waals surface area (Å²) >= 11 is 6.19. The monoisotopic (exact) mass is 612 g/mol. The van der Waals surface area contributed by atoms with Gasteiger partial charge in [0.05, 0.1) is 18.7 Å². The standard InChI is InChI=1S/C33H30ClFN6O3/c34-25-9-7-24(8-10-25)32(33(43)36-27-13-15-28(16-14-27)39-17-19-44-20-18-39)40(21-23-5-11-26(35)12-6-23)31(42)22-41-30-4-2-1-3-29(30)37-38-41/h1-16,32H,17-22H2,(H,36,43). The number of para-hydroxylation sites is 1. The van der Waals surface area contributed by atoms with E-state index in [0.29, 0.717) is 46.1 Å². The fraction of sp³-hybridized carbons (Fsp3) is 0.212. The Labute approximate surface area is 258 Å². The molecule has 1 saturated heterocycles. The molecule has 11 heteroatoms. The van der Waals surface area contributed by atoms with Crippen molar-refractivity contribution in [2.24, 2.45) is 0 Å². The van der Waals surface area contributed by atoms with Gasteiger partial charge in [-0.2, -0.15) is 0 Å². The molecular formula is C33H30ClFN6O3. The molecule has 0 spiro atoms. The first-order valence-electron chi connectivity index (χ1n) is 14.3.